The summed E-state index contributed by atoms with van der Waals surface area (Å²) in [6.07, 6.45) is 4.32. The molecule has 0 saturated carbocycles. The zero-order chi connectivity index (χ0) is 13.1. The Morgan fingerprint density at radius 1 is 1.22 bits per heavy atom. The fourth-order valence-electron chi connectivity index (χ4n) is 2.05. The number of hydrogen-bond donors (Lipinski definition) is 1. The highest BCUT2D eigenvalue weighted by Gasteiger charge is 2.08. The van der Waals surface area contributed by atoms with Gasteiger partial charge in [-0.1, -0.05) is 18.2 Å². The second-order valence-electron chi connectivity index (χ2n) is 4.68. The molecule has 2 aromatic rings. The Morgan fingerprint density at radius 2 is 1.89 bits per heavy atom. The maximum atomic E-state index is 12.0. The molecule has 0 bridgehead atoms. The van der Waals surface area contributed by atoms with Gasteiger partial charge in [-0.3, -0.25) is 4.79 Å². The third kappa shape index (κ3) is 2.80. The van der Waals surface area contributed by atoms with Crippen molar-refractivity contribution in [2.75, 3.05) is 5.32 Å². The van der Waals surface area contributed by atoms with Gasteiger partial charge in [0.25, 0.3) is 0 Å². The Balaban J connectivity index is 2.08. The van der Waals surface area contributed by atoms with Crippen LogP contribution in [0.25, 0.3) is 0 Å². The molecule has 94 valence electrons. The van der Waals surface area contributed by atoms with Gasteiger partial charge in [0.2, 0.25) is 5.91 Å². The van der Waals surface area contributed by atoms with Crippen molar-refractivity contribution in [3.8, 4) is 0 Å². The van der Waals surface area contributed by atoms with Crippen molar-refractivity contribution in [3.05, 3.63) is 53.3 Å². The topological polar surface area (TPSA) is 34.0 Å². The van der Waals surface area contributed by atoms with E-state index in [4.69, 9.17) is 0 Å². The lowest BCUT2D eigenvalue weighted by molar-refractivity contribution is -0.115. The molecule has 1 N–H and O–H groups in total. The number of aryl methyl sites for hydroxylation is 3. The van der Waals surface area contributed by atoms with Crippen molar-refractivity contribution in [1.82, 2.24) is 4.57 Å². The van der Waals surface area contributed by atoms with Gasteiger partial charge in [-0.25, -0.2) is 0 Å². The molecule has 0 spiro atoms. The summed E-state index contributed by atoms with van der Waals surface area (Å²) in [6.45, 7) is 4.01. The molecule has 1 aromatic heterocycles. The predicted molar refractivity (Wildman–Crippen MR) is 73.7 cm³/mol. The molecule has 0 aliphatic carbocycles. The zero-order valence-electron chi connectivity index (χ0n) is 11.0. The fourth-order valence-corrected chi connectivity index (χ4v) is 2.05. The lowest BCUT2D eigenvalue weighted by Gasteiger charge is -2.10. The van der Waals surface area contributed by atoms with Gasteiger partial charge in [-0.15, -0.1) is 0 Å². The first-order chi connectivity index (χ1) is 8.56. The summed E-state index contributed by atoms with van der Waals surface area (Å²) < 4.78 is 1.95. The number of aromatic nitrogens is 1. The molecule has 0 atom stereocenters. The van der Waals surface area contributed by atoms with Crippen LogP contribution >= 0.6 is 0 Å². The largest absolute Gasteiger partial charge is 0.357 e. The Hall–Kier alpha value is -2.03. The summed E-state index contributed by atoms with van der Waals surface area (Å²) in [7, 11) is 1.95. The molecule has 0 radical (unpaired) electrons. The summed E-state index contributed by atoms with van der Waals surface area (Å²) in [6, 6.07) is 7.97. The van der Waals surface area contributed by atoms with E-state index in [1.807, 2.05) is 62.1 Å². The quantitative estimate of drug-likeness (QED) is 0.882. The van der Waals surface area contributed by atoms with Gasteiger partial charge in [-0.05, 0) is 36.6 Å². The molecule has 2 rings (SSSR count). The summed E-state index contributed by atoms with van der Waals surface area (Å²) in [5, 5.41) is 2.99. The molecule has 1 aromatic carbocycles. The van der Waals surface area contributed by atoms with Crippen molar-refractivity contribution in [3.63, 3.8) is 0 Å². The van der Waals surface area contributed by atoms with E-state index in [0.29, 0.717) is 6.42 Å². The normalized spacial score (nSPS) is 10.4. The third-order valence-electron chi connectivity index (χ3n) is 3.00. The average molecular weight is 242 g/mol. The average Bonchev–Trinajstić information content (AvgIpc) is 2.69. The van der Waals surface area contributed by atoms with Crippen LogP contribution in [0.15, 0.2) is 36.7 Å². The molecule has 18 heavy (non-hydrogen) atoms. The summed E-state index contributed by atoms with van der Waals surface area (Å²) in [4.78, 5) is 12.0. The Bertz CT molecular complexity index is 549. The van der Waals surface area contributed by atoms with Gasteiger partial charge in [0.1, 0.15) is 0 Å². The Labute approximate surface area is 107 Å². The predicted octanol–water partition coefficient (Wildman–Crippen LogP) is 2.82. The van der Waals surface area contributed by atoms with Crippen molar-refractivity contribution in [2.45, 2.75) is 20.3 Å². The van der Waals surface area contributed by atoms with E-state index in [2.05, 4.69) is 5.32 Å². The maximum absolute atomic E-state index is 12.0. The highest BCUT2D eigenvalue weighted by Crippen LogP contribution is 2.19. The summed E-state index contributed by atoms with van der Waals surface area (Å²) in [5.74, 6) is 0.0265. The number of hydrogen-bond acceptors (Lipinski definition) is 1. The lowest BCUT2D eigenvalue weighted by Crippen LogP contribution is -2.15. The number of benzene rings is 1. The molecule has 3 nitrogen and oxygen atoms in total. The SMILES string of the molecule is Cc1cccc(C)c1NC(=O)Cc1ccn(C)c1. The van der Waals surface area contributed by atoms with Gasteiger partial charge in [0.15, 0.2) is 0 Å². The van der Waals surface area contributed by atoms with Crippen LogP contribution in [0.5, 0.6) is 0 Å². The van der Waals surface area contributed by atoms with Crippen LogP contribution in [0, 0.1) is 13.8 Å². The highest BCUT2D eigenvalue weighted by molar-refractivity contribution is 5.93. The van der Waals surface area contributed by atoms with Crippen LogP contribution in [0.2, 0.25) is 0 Å². The van der Waals surface area contributed by atoms with Gasteiger partial charge in [0.05, 0.1) is 6.42 Å². The van der Waals surface area contributed by atoms with E-state index >= 15 is 0 Å². The van der Waals surface area contributed by atoms with Crippen LogP contribution in [0.1, 0.15) is 16.7 Å². The molecule has 1 amide bonds. The molecule has 0 aliphatic rings. The monoisotopic (exact) mass is 242 g/mol. The van der Waals surface area contributed by atoms with Crippen molar-refractivity contribution in [2.24, 2.45) is 7.05 Å². The highest BCUT2D eigenvalue weighted by atomic mass is 16.1. The number of nitrogens with zero attached hydrogens (tertiary/aromatic N) is 1. The Morgan fingerprint density at radius 3 is 2.44 bits per heavy atom. The lowest BCUT2D eigenvalue weighted by atomic mass is 10.1. The molecule has 0 aliphatic heterocycles. The fraction of sp³-hybridized carbons (Fsp3) is 0.267. The molecule has 0 saturated heterocycles. The van der Waals surface area contributed by atoms with Crippen molar-refractivity contribution < 1.29 is 4.79 Å². The van der Waals surface area contributed by atoms with Gasteiger partial charge in [-0.2, -0.15) is 0 Å². The first kappa shape index (κ1) is 12.4. The van der Waals surface area contributed by atoms with Crippen LogP contribution in [-0.4, -0.2) is 10.5 Å². The van der Waals surface area contributed by atoms with E-state index in [0.717, 1.165) is 22.4 Å². The molecule has 3 heteroatoms. The zero-order valence-corrected chi connectivity index (χ0v) is 11.0. The van der Waals surface area contributed by atoms with E-state index in [9.17, 15) is 4.79 Å². The van der Waals surface area contributed by atoms with Gasteiger partial charge in [0, 0.05) is 25.1 Å². The number of para-hydroxylation sites is 1. The standard InChI is InChI=1S/C15H18N2O/c1-11-5-4-6-12(2)15(11)16-14(18)9-13-7-8-17(3)10-13/h4-8,10H,9H2,1-3H3,(H,16,18). The number of carbonyl (C=O) groups is 1. The molecular weight excluding hydrogens is 224 g/mol. The van der Waals surface area contributed by atoms with E-state index in [1.165, 1.54) is 0 Å². The first-order valence-electron chi connectivity index (χ1n) is 6.03. The van der Waals surface area contributed by atoms with E-state index in [1.54, 1.807) is 0 Å². The van der Waals surface area contributed by atoms with Crippen LogP contribution in [-0.2, 0) is 18.3 Å². The van der Waals surface area contributed by atoms with Crippen molar-refractivity contribution in [1.29, 1.82) is 0 Å². The number of rotatable bonds is 3. The number of amides is 1. The molecule has 1 heterocycles. The summed E-state index contributed by atoms with van der Waals surface area (Å²) >= 11 is 0. The molecule has 0 fully saturated rings. The van der Waals surface area contributed by atoms with Crippen LogP contribution < -0.4 is 5.32 Å². The number of anilines is 1. The van der Waals surface area contributed by atoms with Gasteiger partial charge >= 0.3 is 0 Å². The van der Waals surface area contributed by atoms with E-state index in [-0.39, 0.29) is 5.91 Å². The number of carbonyl (C=O) groups excluding carboxylic acids is 1. The molecule has 0 unspecified atom stereocenters. The minimum absolute atomic E-state index is 0.0265. The van der Waals surface area contributed by atoms with Gasteiger partial charge < -0.3 is 9.88 Å². The van der Waals surface area contributed by atoms with E-state index < -0.39 is 0 Å². The van der Waals surface area contributed by atoms with Crippen molar-refractivity contribution >= 4 is 11.6 Å². The maximum Gasteiger partial charge on any atom is 0.228 e. The molecular formula is C15H18N2O. The first-order valence-corrected chi connectivity index (χ1v) is 6.03. The minimum atomic E-state index is 0.0265. The van der Waals surface area contributed by atoms with Crippen LogP contribution in [0.4, 0.5) is 5.69 Å². The number of nitrogens with one attached hydrogen (secondary N) is 1. The smallest absolute Gasteiger partial charge is 0.228 e. The summed E-state index contributed by atoms with van der Waals surface area (Å²) in [5.41, 5.74) is 4.15. The Kier molecular flexibility index (Phi) is 3.51. The third-order valence-corrected chi connectivity index (χ3v) is 3.00. The van der Waals surface area contributed by atoms with Crippen LogP contribution in [0.3, 0.4) is 0 Å². The second-order valence-corrected chi connectivity index (χ2v) is 4.68. The minimum Gasteiger partial charge on any atom is -0.357 e. The second kappa shape index (κ2) is 5.08.